The van der Waals surface area contributed by atoms with E-state index >= 15 is 0 Å². The maximum Gasteiger partial charge on any atom is 0.407 e. The number of piperidine rings is 1. The van der Waals surface area contributed by atoms with Crippen LogP contribution in [-0.2, 0) is 0 Å². The van der Waals surface area contributed by atoms with E-state index in [1.165, 1.54) is 4.90 Å². The molecule has 100 valence electrons. The molecule has 19 heavy (non-hydrogen) atoms. The number of rotatable bonds is 2. The maximum atomic E-state index is 11.0. The molecule has 0 unspecified atom stereocenters. The minimum Gasteiger partial charge on any atom is -0.465 e. The zero-order valence-corrected chi connectivity index (χ0v) is 10.5. The summed E-state index contributed by atoms with van der Waals surface area (Å²) in [6.07, 6.45) is 6.65. The molecular formula is C13H16N4O2. The predicted octanol–water partition coefficient (Wildman–Crippen LogP) is 2.06. The number of hydrogen-bond donors (Lipinski definition) is 2. The highest BCUT2D eigenvalue weighted by Gasteiger charge is 2.25. The molecule has 0 aliphatic carbocycles. The molecule has 3 heterocycles. The van der Waals surface area contributed by atoms with Crippen LogP contribution < -0.4 is 0 Å². The van der Waals surface area contributed by atoms with E-state index in [1.807, 2.05) is 29.1 Å². The van der Waals surface area contributed by atoms with Gasteiger partial charge in [0.15, 0.2) is 0 Å². The minimum absolute atomic E-state index is 0.195. The average molecular weight is 260 g/mol. The van der Waals surface area contributed by atoms with Gasteiger partial charge in [-0.2, -0.15) is 0 Å². The van der Waals surface area contributed by atoms with Gasteiger partial charge in [0.2, 0.25) is 0 Å². The monoisotopic (exact) mass is 260 g/mol. The molecule has 0 radical (unpaired) electrons. The van der Waals surface area contributed by atoms with Crippen LogP contribution in [0.4, 0.5) is 4.79 Å². The quantitative estimate of drug-likeness (QED) is 0.868. The van der Waals surface area contributed by atoms with Gasteiger partial charge in [-0.3, -0.25) is 4.57 Å². The van der Waals surface area contributed by atoms with Crippen molar-refractivity contribution in [3.8, 4) is 5.82 Å². The van der Waals surface area contributed by atoms with Crippen molar-refractivity contribution in [1.29, 1.82) is 0 Å². The number of aromatic amines is 1. The molecule has 2 aromatic rings. The number of aromatic nitrogens is 3. The molecule has 1 aliphatic heterocycles. The van der Waals surface area contributed by atoms with Crippen molar-refractivity contribution in [2.45, 2.75) is 18.8 Å². The van der Waals surface area contributed by atoms with Crippen LogP contribution in [0.15, 0.2) is 30.9 Å². The fraction of sp³-hybridized carbons (Fsp3) is 0.385. The topological polar surface area (TPSA) is 74.2 Å². The van der Waals surface area contributed by atoms with Crippen molar-refractivity contribution in [2.24, 2.45) is 0 Å². The van der Waals surface area contributed by atoms with E-state index in [1.54, 1.807) is 6.33 Å². The third-order valence-corrected chi connectivity index (χ3v) is 3.57. The normalized spacial score (nSPS) is 19.6. The number of amides is 1. The van der Waals surface area contributed by atoms with Crippen LogP contribution in [0.2, 0.25) is 0 Å². The lowest BCUT2D eigenvalue weighted by molar-refractivity contribution is 0.130. The number of carbonyl (C=O) groups is 1. The molecule has 1 fully saturated rings. The lowest BCUT2D eigenvalue weighted by Crippen LogP contribution is -2.38. The van der Waals surface area contributed by atoms with Gasteiger partial charge in [0.05, 0.1) is 5.69 Å². The zero-order valence-electron chi connectivity index (χ0n) is 10.5. The van der Waals surface area contributed by atoms with Crippen molar-refractivity contribution in [2.75, 3.05) is 13.1 Å². The maximum absolute atomic E-state index is 11.0. The molecule has 0 saturated carbocycles. The summed E-state index contributed by atoms with van der Waals surface area (Å²) < 4.78 is 1.93. The first-order chi connectivity index (χ1) is 9.24. The standard InChI is InChI=1S/C13H16N4O2/c18-13(19)16-6-2-3-10(7-16)11-8-17(9-15-11)12-4-1-5-14-12/h1,4-5,8-10,14H,2-3,6-7H2,(H,18,19)/t10-/m0/s1. The highest BCUT2D eigenvalue weighted by Crippen LogP contribution is 2.26. The molecule has 0 bridgehead atoms. The second-order valence-electron chi connectivity index (χ2n) is 4.83. The summed E-state index contributed by atoms with van der Waals surface area (Å²) in [5.74, 6) is 1.16. The van der Waals surface area contributed by atoms with Gasteiger partial charge in [0.25, 0.3) is 0 Å². The first-order valence-electron chi connectivity index (χ1n) is 6.39. The summed E-state index contributed by atoms with van der Waals surface area (Å²) in [6, 6.07) is 3.90. The van der Waals surface area contributed by atoms with Crippen molar-refractivity contribution in [1.82, 2.24) is 19.4 Å². The number of imidazole rings is 1. The molecule has 1 aliphatic rings. The highest BCUT2D eigenvalue weighted by atomic mass is 16.4. The number of nitrogens with one attached hydrogen (secondary N) is 1. The molecule has 3 rings (SSSR count). The van der Waals surface area contributed by atoms with E-state index in [4.69, 9.17) is 5.11 Å². The Morgan fingerprint density at radius 2 is 2.42 bits per heavy atom. The molecular weight excluding hydrogens is 244 g/mol. The molecule has 2 N–H and O–H groups in total. The van der Waals surface area contributed by atoms with Crippen molar-refractivity contribution in [3.05, 3.63) is 36.5 Å². The van der Waals surface area contributed by atoms with E-state index in [9.17, 15) is 4.79 Å². The summed E-state index contributed by atoms with van der Waals surface area (Å²) in [6.45, 7) is 1.17. The lowest BCUT2D eigenvalue weighted by atomic mass is 9.95. The lowest BCUT2D eigenvalue weighted by Gasteiger charge is -2.29. The summed E-state index contributed by atoms with van der Waals surface area (Å²) in [5, 5.41) is 9.05. The summed E-state index contributed by atoms with van der Waals surface area (Å²) in [7, 11) is 0. The number of H-pyrrole nitrogens is 1. The van der Waals surface area contributed by atoms with Crippen LogP contribution in [-0.4, -0.2) is 43.7 Å². The van der Waals surface area contributed by atoms with E-state index in [2.05, 4.69) is 9.97 Å². The zero-order chi connectivity index (χ0) is 13.2. The van der Waals surface area contributed by atoms with Gasteiger partial charge < -0.3 is 15.0 Å². The summed E-state index contributed by atoms with van der Waals surface area (Å²) >= 11 is 0. The first-order valence-corrected chi connectivity index (χ1v) is 6.39. The number of carboxylic acid groups (broad SMARTS) is 1. The highest BCUT2D eigenvalue weighted by molar-refractivity contribution is 5.65. The minimum atomic E-state index is -0.839. The fourth-order valence-corrected chi connectivity index (χ4v) is 2.55. The van der Waals surface area contributed by atoms with Gasteiger partial charge in [0.1, 0.15) is 12.1 Å². The largest absolute Gasteiger partial charge is 0.465 e. The van der Waals surface area contributed by atoms with Gasteiger partial charge in [-0.15, -0.1) is 0 Å². The Labute approximate surface area is 110 Å². The van der Waals surface area contributed by atoms with Crippen molar-refractivity contribution in [3.63, 3.8) is 0 Å². The predicted molar refractivity (Wildman–Crippen MR) is 69.5 cm³/mol. The van der Waals surface area contributed by atoms with Gasteiger partial charge >= 0.3 is 6.09 Å². The molecule has 0 aromatic carbocycles. The average Bonchev–Trinajstić information content (AvgIpc) is 3.09. The van der Waals surface area contributed by atoms with Gasteiger partial charge in [0, 0.05) is 31.4 Å². The van der Waals surface area contributed by atoms with E-state index in [-0.39, 0.29) is 5.92 Å². The first kappa shape index (κ1) is 11.8. The van der Waals surface area contributed by atoms with Crippen LogP contribution in [0.1, 0.15) is 24.5 Å². The molecule has 1 atom stereocenters. The SMILES string of the molecule is O=C(O)N1CCC[C@H](c2cn(-c3ccc[nH]3)cn2)C1. The smallest absolute Gasteiger partial charge is 0.407 e. The van der Waals surface area contributed by atoms with Crippen molar-refractivity contribution < 1.29 is 9.90 Å². The van der Waals surface area contributed by atoms with E-state index in [0.717, 1.165) is 24.4 Å². The van der Waals surface area contributed by atoms with Crippen LogP contribution in [0, 0.1) is 0 Å². The fourth-order valence-electron chi connectivity index (χ4n) is 2.55. The summed E-state index contributed by atoms with van der Waals surface area (Å²) in [4.78, 5) is 20.0. The molecule has 6 heteroatoms. The van der Waals surface area contributed by atoms with Crippen LogP contribution in [0.25, 0.3) is 5.82 Å². The number of hydrogen-bond acceptors (Lipinski definition) is 2. The molecule has 6 nitrogen and oxygen atoms in total. The third kappa shape index (κ3) is 2.33. The Bertz CT molecular complexity index is 561. The molecule has 1 saturated heterocycles. The Morgan fingerprint density at radius 3 is 3.16 bits per heavy atom. The van der Waals surface area contributed by atoms with Crippen molar-refractivity contribution >= 4 is 6.09 Å². The molecule has 2 aromatic heterocycles. The van der Waals surface area contributed by atoms with E-state index < -0.39 is 6.09 Å². The van der Waals surface area contributed by atoms with Gasteiger partial charge in [-0.05, 0) is 25.0 Å². The Morgan fingerprint density at radius 1 is 1.53 bits per heavy atom. The van der Waals surface area contributed by atoms with Crippen LogP contribution >= 0.6 is 0 Å². The molecule has 1 amide bonds. The van der Waals surface area contributed by atoms with Gasteiger partial charge in [-0.1, -0.05) is 0 Å². The van der Waals surface area contributed by atoms with E-state index in [0.29, 0.717) is 13.1 Å². The Balaban J connectivity index is 1.77. The number of nitrogens with zero attached hydrogens (tertiary/aromatic N) is 3. The second kappa shape index (κ2) is 4.79. The third-order valence-electron chi connectivity index (χ3n) is 3.57. The van der Waals surface area contributed by atoms with Gasteiger partial charge in [-0.25, -0.2) is 9.78 Å². The molecule has 0 spiro atoms. The number of likely N-dealkylation sites (tertiary alicyclic amines) is 1. The summed E-state index contributed by atoms with van der Waals surface area (Å²) in [5.41, 5.74) is 0.959. The van der Waals surface area contributed by atoms with Crippen LogP contribution in [0.3, 0.4) is 0 Å². The second-order valence-corrected chi connectivity index (χ2v) is 4.83. The Kier molecular flexibility index (Phi) is 2.98. The Hall–Kier alpha value is -2.24. The van der Waals surface area contributed by atoms with Crippen LogP contribution in [0.5, 0.6) is 0 Å².